The summed E-state index contributed by atoms with van der Waals surface area (Å²) < 4.78 is 29.4. The smallest absolute Gasteiger partial charge is 0.264 e. The monoisotopic (exact) mass is 631 g/mol. The Balaban J connectivity index is 2.12. The summed E-state index contributed by atoms with van der Waals surface area (Å²) in [4.78, 5) is 29.2. The molecule has 10 heteroatoms. The molecule has 0 fully saturated rings. The highest BCUT2D eigenvalue weighted by atomic mass is 35.5. The van der Waals surface area contributed by atoms with Crippen molar-refractivity contribution in [3.63, 3.8) is 0 Å². The third-order valence-electron chi connectivity index (χ3n) is 7.46. The van der Waals surface area contributed by atoms with E-state index in [4.69, 9.17) is 23.2 Å². The Morgan fingerprint density at radius 2 is 1.57 bits per heavy atom. The molecule has 2 atom stereocenters. The molecule has 0 heterocycles. The van der Waals surface area contributed by atoms with Gasteiger partial charge in [0, 0.05) is 12.6 Å². The largest absolute Gasteiger partial charge is 0.352 e. The molecule has 0 aromatic heterocycles. The van der Waals surface area contributed by atoms with E-state index in [2.05, 4.69) is 5.32 Å². The van der Waals surface area contributed by atoms with Crippen LogP contribution in [-0.4, -0.2) is 43.8 Å². The fourth-order valence-corrected chi connectivity index (χ4v) is 6.34. The van der Waals surface area contributed by atoms with Gasteiger partial charge in [-0.3, -0.25) is 13.9 Å². The molecular weight excluding hydrogens is 593 g/mol. The third-order valence-corrected chi connectivity index (χ3v) is 9.97. The number of rotatable bonds is 12. The Morgan fingerprint density at radius 1 is 0.905 bits per heavy atom. The number of benzene rings is 3. The van der Waals surface area contributed by atoms with Crippen LogP contribution in [0.4, 0.5) is 5.69 Å². The van der Waals surface area contributed by atoms with Gasteiger partial charge in [-0.1, -0.05) is 72.9 Å². The lowest BCUT2D eigenvalue weighted by Gasteiger charge is -2.34. The van der Waals surface area contributed by atoms with E-state index in [1.165, 1.54) is 17.0 Å². The van der Waals surface area contributed by atoms with E-state index in [1.54, 1.807) is 42.5 Å². The Bertz CT molecular complexity index is 1530. The molecule has 0 saturated heterocycles. The van der Waals surface area contributed by atoms with Crippen molar-refractivity contribution in [3.05, 3.63) is 93.0 Å². The maximum absolute atomic E-state index is 14.3. The number of hydrogen-bond acceptors (Lipinski definition) is 4. The number of carbonyl (C=O) groups is 2. The maximum atomic E-state index is 14.3. The Morgan fingerprint density at radius 3 is 2.17 bits per heavy atom. The predicted molar refractivity (Wildman–Crippen MR) is 171 cm³/mol. The van der Waals surface area contributed by atoms with Gasteiger partial charge in [0.05, 0.1) is 20.6 Å². The van der Waals surface area contributed by atoms with Gasteiger partial charge in [-0.2, -0.15) is 0 Å². The van der Waals surface area contributed by atoms with Crippen molar-refractivity contribution in [2.24, 2.45) is 0 Å². The highest BCUT2D eigenvalue weighted by Crippen LogP contribution is 2.30. The zero-order valence-corrected chi connectivity index (χ0v) is 27.3. The van der Waals surface area contributed by atoms with Crippen LogP contribution in [0.25, 0.3) is 0 Å². The summed E-state index contributed by atoms with van der Waals surface area (Å²) in [5.41, 5.74) is 3.59. The number of carbonyl (C=O) groups excluding carboxylic acids is 2. The molecule has 0 unspecified atom stereocenters. The average molecular weight is 633 g/mol. The lowest BCUT2D eigenvalue weighted by Crippen LogP contribution is -2.53. The van der Waals surface area contributed by atoms with Gasteiger partial charge in [0.2, 0.25) is 11.8 Å². The molecule has 0 radical (unpaired) electrons. The number of nitrogens with zero attached hydrogens (tertiary/aromatic N) is 2. The molecule has 1 N–H and O–H groups in total. The molecule has 0 aliphatic carbocycles. The number of amides is 2. The minimum atomic E-state index is -4.15. The van der Waals surface area contributed by atoms with E-state index in [1.807, 2.05) is 47.6 Å². The van der Waals surface area contributed by atoms with Gasteiger partial charge in [-0.15, -0.1) is 0 Å². The summed E-state index contributed by atoms with van der Waals surface area (Å²) in [5.74, 6) is -0.830. The Labute approximate surface area is 259 Å². The first kappa shape index (κ1) is 33.4. The maximum Gasteiger partial charge on any atom is 0.264 e. The molecule has 0 saturated carbocycles. The molecule has 3 rings (SSSR count). The second-order valence-electron chi connectivity index (χ2n) is 10.6. The topological polar surface area (TPSA) is 86.8 Å². The summed E-state index contributed by atoms with van der Waals surface area (Å²) in [6.07, 6.45) is 1.04. The molecule has 7 nitrogen and oxygen atoms in total. The standard InChI is InChI=1S/C32H39Cl2N3O4S/c1-7-23(5)35-32(39)29(8-2)36(19-25-14-17-27(33)28(34)18-25)31(38)20-37(30-11-9-10-22(4)24(30)6)42(40,41)26-15-12-21(3)13-16-26/h9-18,23,29H,7-8,19-20H2,1-6H3,(H,35,39)/t23-,29+/m1/s1. The van der Waals surface area contributed by atoms with Crippen LogP contribution < -0.4 is 9.62 Å². The van der Waals surface area contributed by atoms with Gasteiger partial charge >= 0.3 is 0 Å². The van der Waals surface area contributed by atoms with Crippen LogP contribution in [0.15, 0.2) is 65.6 Å². The van der Waals surface area contributed by atoms with Crippen LogP contribution in [0.5, 0.6) is 0 Å². The first-order chi connectivity index (χ1) is 19.8. The van der Waals surface area contributed by atoms with E-state index in [0.29, 0.717) is 27.7 Å². The van der Waals surface area contributed by atoms with Crippen molar-refractivity contribution < 1.29 is 18.0 Å². The summed E-state index contributed by atoms with van der Waals surface area (Å²) in [6, 6.07) is 15.9. The lowest BCUT2D eigenvalue weighted by atomic mass is 10.1. The molecule has 0 bridgehead atoms. The van der Waals surface area contributed by atoms with Crippen LogP contribution in [0.1, 0.15) is 55.9 Å². The first-order valence-electron chi connectivity index (χ1n) is 14.0. The second kappa shape index (κ2) is 14.4. The summed E-state index contributed by atoms with van der Waals surface area (Å²) in [5, 5.41) is 3.66. The van der Waals surface area contributed by atoms with Crippen molar-refractivity contribution in [3.8, 4) is 0 Å². The molecule has 0 spiro atoms. The van der Waals surface area contributed by atoms with Crippen molar-refractivity contribution in [1.29, 1.82) is 0 Å². The van der Waals surface area contributed by atoms with E-state index in [9.17, 15) is 18.0 Å². The van der Waals surface area contributed by atoms with Crippen molar-refractivity contribution in [2.75, 3.05) is 10.8 Å². The van der Waals surface area contributed by atoms with Crippen LogP contribution in [-0.2, 0) is 26.2 Å². The number of nitrogens with one attached hydrogen (secondary N) is 1. The fourth-order valence-electron chi connectivity index (χ4n) is 4.55. The molecular formula is C32H39Cl2N3O4S. The molecule has 0 aliphatic heterocycles. The van der Waals surface area contributed by atoms with Crippen LogP contribution in [0.3, 0.4) is 0 Å². The fraction of sp³-hybridized carbons (Fsp3) is 0.375. The minimum Gasteiger partial charge on any atom is -0.352 e. The van der Waals surface area contributed by atoms with Gasteiger partial charge in [-0.05, 0) is 87.6 Å². The zero-order valence-electron chi connectivity index (χ0n) is 24.9. The summed E-state index contributed by atoms with van der Waals surface area (Å²) in [7, 11) is -4.15. The van der Waals surface area contributed by atoms with Crippen molar-refractivity contribution in [1.82, 2.24) is 10.2 Å². The highest BCUT2D eigenvalue weighted by Gasteiger charge is 2.34. The van der Waals surface area contributed by atoms with Gasteiger partial charge < -0.3 is 10.2 Å². The van der Waals surface area contributed by atoms with Gasteiger partial charge in [0.1, 0.15) is 12.6 Å². The lowest BCUT2D eigenvalue weighted by molar-refractivity contribution is -0.140. The number of hydrogen-bond donors (Lipinski definition) is 1. The molecule has 3 aromatic rings. The van der Waals surface area contributed by atoms with E-state index >= 15 is 0 Å². The van der Waals surface area contributed by atoms with Gasteiger partial charge in [-0.25, -0.2) is 8.42 Å². The summed E-state index contributed by atoms with van der Waals surface area (Å²) >= 11 is 12.4. The molecule has 2 amide bonds. The number of anilines is 1. The average Bonchev–Trinajstić information content (AvgIpc) is 2.95. The number of sulfonamides is 1. The second-order valence-corrected chi connectivity index (χ2v) is 13.2. The Kier molecular flexibility index (Phi) is 11.5. The predicted octanol–water partition coefficient (Wildman–Crippen LogP) is 6.84. The normalized spacial score (nSPS) is 12.9. The van der Waals surface area contributed by atoms with Crippen molar-refractivity contribution in [2.45, 2.75) is 77.9 Å². The van der Waals surface area contributed by atoms with E-state index < -0.39 is 28.5 Å². The van der Waals surface area contributed by atoms with Crippen molar-refractivity contribution >= 4 is 50.7 Å². The molecule has 3 aromatic carbocycles. The zero-order chi connectivity index (χ0) is 31.2. The molecule has 42 heavy (non-hydrogen) atoms. The van der Waals surface area contributed by atoms with Crippen LogP contribution >= 0.6 is 23.2 Å². The third kappa shape index (κ3) is 7.85. The highest BCUT2D eigenvalue weighted by molar-refractivity contribution is 7.92. The van der Waals surface area contributed by atoms with Gasteiger partial charge in [0.15, 0.2) is 0 Å². The molecule has 0 aliphatic rings. The molecule has 226 valence electrons. The van der Waals surface area contributed by atoms with E-state index in [0.717, 1.165) is 27.4 Å². The quantitative estimate of drug-likeness (QED) is 0.237. The van der Waals surface area contributed by atoms with Crippen LogP contribution in [0.2, 0.25) is 10.0 Å². The van der Waals surface area contributed by atoms with E-state index in [-0.39, 0.29) is 23.4 Å². The van der Waals surface area contributed by atoms with Crippen LogP contribution in [0, 0.1) is 20.8 Å². The number of aryl methyl sites for hydroxylation is 2. The number of halogens is 2. The SMILES string of the molecule is CC[C@@H](C)NC(=O)[C@H](CC)N(Cc1ccc(Cl)c(Cl)c1)C(=O)CN(c1cccc(C)c1C)S(=O)(=O)c1ccc(C)cc1. The Hall–Kier alpha value is -3.07. The summed E-state index contributed by atoms with van der Waals surface area (Å²) in [6.45, 7) is 10.8. The minimum absolute atomic E-state index is 0.0351. The first-order valence-corrected chi connectivity index (χ1v) is 16.2. The van der Waals surface area contributed by atoms with Gasteiger partial charge in [0.25, 0.3) is 10.0 Å².